The van der Waals surface area contributed by atoms with Crippen LogP contribution < -0.4 is 10.2 Å². The van der Waals surface area contributed by atoms with Gasteiger partial charge in [0, 0.05) is 29.7 Å². The van der Waals surface area contributed by atoms with Crippen LogP contribution in [-0.4, -0.2) is 22.4 Å². The lowest BCUT2D eigenvalue weighted by Crippen LogP contribution is -2.27. The summed E-state index contributed by atoms with van der Waals surface area (Å²) < 4.78 is 26.5. The third kappa shape index (κ3) is 3.55. The molecule has 0 bridgehead atoms. The zero-order chi connectivity index (χ0) is 19.7. The second-order valence-corrected chi connectivity index (χ2v) is 6.66. The Balaban J connectivity index is 1.64. The van der Waals surface area contributed by atoms with Crippen LogP contribution in [0, 0.1) is 18.6 Å². The van der Waals surface area contributed by atoms with Gasteiger partial charge in [-0.2, -0.15) is 0 Å². The second kappa shape index (κ2) is 7.34. The van der Waals surface area contributed by atoms with Crippen molar-refractivity contribution in [1.82, 2.24) is 9.97 Å². The minimum Gasteiger partial charge on any atom is -0.321 e. The zero-order valence-electron chi connectivity index (χ0n) is 15.2. The molecule has 7 heteroatoms. The summed E-state index contributed by atoms with van der Waals surface area (Å²) in [6.07, 6.45) is 1.95. The van der Waals surface area contributed by atoms with Gasteiger partial charge in [0.25, 0.3) is 5.91 Å². The van der Waals surface area contributed by atoms with Crippen molar-refractivity contribution in [2.24, 2.45) is 0 Å². The van der Waals surface area contributed by atoms with E-state index in [0.717, 1.165) is 37.2 Å². The number of aryl methyl sites for hydroxylation is 2. The number of fused-ring (bicyclic) bond motifs is 1. The predicted molar refractivity (Wildman–Crippen MR) is 103 cm³/mol. The van der Waals surface area contributed by atoms with Gasteiger partial charge in [0.05, 0.1) is 0 Å². The molecule has 0 spiro atoms. The van der Waals surface area contributed by atoms with Crippen LogP contribution in [0.1, 0.15) is 28.2 Å². The number of hydrogen-bond acceptors (Lipinski definition) is 4. The number of aromatic nitrogens is 2. The highest BCUT2D eigenvalue weighted by Crippen LogP contribution is 2.31. The molecule has 1 aliphatic heterocycles. The monoisotopic (exact) mass is 380 g/mol. The van der Waals surface area contributed by atoms with Gasteiger partial charge in [0.1, 0.15) is 5.69 Å². The summed E-state index contributed by atoms with van der Waals surface area (Å²) in [5.74, 6) is -2.06. The minimum atomic E-state index is -1.03. The average molecular weight is 380 g/mol. The Bertz CT molecular complexity index is 1050. The smallest absolute Gasteiger partial charge is 0.274 e. The highest BCUT2D eigenvalue weighted by Gasteiger charge is 2.22. The molecule has 0 saturated carbocycles. The van der Waals surface area contributed by atoms with Crippen LogP contribution in [0.4, 0.5) is 26.1 Å². The number of amides is 1. The van der Waals surface area contributed by atoms with Gasteiger partial charge < -0.3 is 10.2 Å². The minimum absolute atomic E-state index is 0.157. The third-order valence-corrected chi connectivity index (χ3v) is 4.60. The Morgan fingerprint density at radius 2 is 1.89 bits per heavy atom. The molecule has 0 saturated heterocycles. The molecule has 2 aromatic carbocycles. The Labute approximate surface area is 161 Å². The molecule has 0 unspecified atom stereocenters. The number of nitrogens with zero attached hydrogens (tertiary/aromatic N) is 3. The SMILES string of the molecule is Cc1cc(C(=O)Nc2ccc(F)c(F)c2)nc(N2CCCc3ccccc32)n1. The van der Waals surface area contributed by atoms with E-state index in [4.69, 9.17) is 0 Å². The van der Waals surface area contributed by atoms with Gasteiger partial charge >= 0.3 is 0 Å². The molecule has 0 aliphatic carbocycles. The van der Waals surface area contributed by atoms with E-state index in [1.54, 1.807) is 13.0 Å². The van der Waals surface area contributed by atoms with Crippen LogP contribution in [0.25, 0.3) is 0 Å². The highest BCUT2D eigenvalue weighted by atomic mass is 19.2. The third-order valence-electron chi connectivity index (χ3n) is 4.60. The van der Waals surface area contributed by atoms with Crippen molar-refractivity contribution < 1.29 is 13.6 Å². The van der Waals surface area contributed by atoms with Crippen molar-refractivity contribution in [3.8, 4) is 0 Å². The lowest BCUT2D eigenvalue weighted by Gasteiger charge is -2.29. The van der Waals surface area contributed by atoms with Crippen LogP contribution >= 0.6 is 0 Å². The Hall–Kier alpha value is -3.35. The Morgan fingerprint density at radius 3 is 2.71 bits per heavy atom. The lowest BCUT2D eigenvalue weighted by molar-refractivity contribution is 0.102. The van der Waals surface area contributed by atoms with Crippen LogP contribution in [0.3, 0.4) is 0 Å². The maximum absolute atomic E-state index is 13.4. The molecular weight excluding hydrogens is 362 g/mol. The molecule has 3 aromatic rings. The fraction of sp³-hybridized carbons (Fsp3) is 0.190. The van der Waals surface area contributed by atoms with Crippen LogP contribution in [0.2, 0.25) is 0 Å². The van der Waals surface area contributed by atoms with Gasteiger partial charge in [0.2, 0.25) is 5.95 Å². The lowest BCUT2D eigenvalue weighted by atomic mass is 10.0. The summed E-state index contributed by atoms with van der Waals surface area (Å²) >= 11 is 0. The Kier molecular flexibility index (Phi) is 4.73. The Morgan fingerprint density at radius 1 is 1.07 bits per heavy atom. The first-order valence-electron chi connectivity index (χ1n) is 8.99. The van der Waals surface area contributed by atoms with Gasteiger partial charge in [-0.15, -0.1) is 0 Å². The molecule has 1 amide bonds. The van der Waals surface area contributed by atoms with Crippen molar-refractivity contribution in [3.63, 3.8) is 0 Å². The first-order chi connectivity index (χ1) is 13.5. The van der Waals surface area contributed by atoms with E-state index >= 15 is 0 Å². The standard InChI is InChI=1S/C21H18F2N4O/c1-13-11-18(20(28)25-15-8-9-16(22)17(23)12-15)26-21(24-13)27-10-4-6-14-5-2-3-7-19(14)27/h2-3,5,7-9,11-12H,4,6,10H2,1H3,(H,25,28). The molecule has 0 fully saturated rings. The first-order valence-corrected chi connectivity index (χ1v) is 8.99. The first kappa shape index (κ1) is 18.0. The van der Waals surface area contributed by atoms with Gasteiger partial charge in [-0.3, -0.25) is 4.79 Å². The van der Waals surface area contributed by atoms with Crippen LogP contribution in [0.5, 0.6) is 0 Å². The molecule has 28 heavy (non-hydrogen) atoms. The van der Waals surface area contributed by atoms with E-state index in [2.05, 4.69) is 21.4 Å². The maximum atomic E-state index is 13.4. The maximum Gasteiger partial charge on any atom is 0.274 e. The van der Waals surface area contributed by atoms with Crippen molar-refractivity contribution in [2.45, 2.75) is 19.8 Å². The number of carbonyl (C=O) groups excluding carboxylic acids is 1. The van der Waals surface area contributed by atoms with Crippen molar-refractivity contribution in [2.75, 3.05) is 16.8 Å². The number of para-hydroxylation sites is 1. The fourth-order valence-electron chi connectivity index (χ4n) is 3.30. The topological polar surface area (TPSA) is 58.1 Å². The number of halogens is 2. The summed E-state index contributed by atoms with van der Waals surface area (Å²) in [4.78, 5) is 23.5. The highest BCUT2D eigenvalue weighted by molar-refractivity contribution is 6.03. The number of benzene rings is 2. The largest absolute Gasteiger partial charge is 0.321 e. The molecule has 0 radical (unpaired) electrons. The molecule has 1 aromatic heterocycles. The second-order valence-electron chi connectivity index (χ2n) is 6.66. The number of rotatable bonds is 3. The summed E-state index contributed by atoms with van der Waals surface area (Å²) in [5.41, 5.74) is 3.21. The number of carbonyl (C=O) groups is 1. The number of anilines is 3. The van der Waals surface area contributed by atoms with E-state index in [9.17, 15) is 13.6 Å². The molecule has 142 valence electrons. The van der Waals surface area contributed by atoms with E-state index in [1.165, 1.54) is 11.6 Å². The molecule has 2 heterocycles. The van der Waals surface area contributed by atoms with E-state index in [1.807, 2.05) is 23.1 Å². The molecule has 1 aliphatic rings. The van der Waals surface area contributed by atoms with Crippen LogP contribution in [0.15, 0.2) is 48.5 Å². The van der Waals surface area contributed by atoms with Crippen molar-refractivity contribution >= 4 is 23.2 Å². The summed E-state index contributed by atoms with van der Waals surface area (Å²) in [5, 5.41) is 2.55. The average Bonchev–Trinajstić information content (AvgIpc) is 2.70. The summed E-state index contributed by atoms with van der Waals surface area (Å²) in [7, 11) is 0. The normalized spacial score (nSPS) is 13.2. The van der Waals surface area contributed by atoms with E-state index in [-0.39, 0.29) is 11.4 Å². The quantitative estimate of drug-likeness (QED) is 0.732. The van der Waals surface area contributed by atoms with Gasteiger partial charge in [0.15, 0.2) is 11.6 Å². The number of nitrogens with one attached hydrogen (secondary N) is 1. The zero-order valence-corrected chi connectivity index (χ0v) is 15.2. The number of hydrogen-bond donors (Lipinski definition) is 1. The van der Waals surface area contributed by atoms with Gasteiger partial charge in [-0.25, -0.2) is 18.7 Å². The van der Waals surface area contributed by atoms with Crippen molar-refractivity contribution in [1.29, 1.82) is 0 Å². The molecule has 1 N–H and O–H groups in total. The molecule has 5 nitrogen and oxygen atoms in total. The predicted octanol–water partition coefficient (Wildman–Crippen LogP) is 4.40. The van der Waals surface area contributed by atoms with E-state index < -0.39 is 17.5 Å². The fourth-order valence-corrected chi connectivity index (χ4v) is 3.30. The summed E-state index contributed by atoms with van der Waals surface area (Å²) in [6.45, 7) is 2.54. The van der Waals surface area contributed by atoms with Gasteiger partial charge in [-0.1, -0.05) is 18.2 Å². The van der Waals surface area contributed by atoms with E-state index in [0.29, 0.717) is 11.6 Å². The van der Waals surface area contributed by atoms with Gasteiger partial charge in [-0.05, 0) is 49.6 Å². The molecule has 4 rings (SSSR count). The van der Waals surface area contributed by atoms with Crippen molar-refractivity contribution in [3.05, 3.63) is 77.1 Å². The molecule has 0 atom stereocenters. The van der Waals surface area contributed by atoms with Crippen LogP contribution in [-0.2, 0) is 6.42 Å². The summed E-state index contributed by atoms with van der Waals surface area (Å²) in [6, 6.07) is 12.8. The molecular formula is C21H18F2N4O.